The normalized spacial score (nSPS) is 18.4. The lowest BCUT2D eigenvalue weighted by molar-refractivity contribution is 0.279. The Kier molecular flexibility index (Phi) is 4.42. The molecule has 22 heavy (non-hydrogen) atoms. The molecule has 118 valence electrons. The van der Waals surface area contributed by atoms with E-state index in [-0.39, 0.29) is 0 Å². The van der Waals surface area contributed by atoms with Crippen LogP contribution in [-0.2, 0) is 16.6 Å². The molecule has 3 rings (SSSR count). The Bertz CT molecular complexity index is 756. The van der Waals surface area contributed by atoms with Gasteiger partial charge in [0.05, 0.1) is 11.8 Å². The minimum atomic E-state index is -3.09. The molecule has 1 aliphatic rings. The van der Waals surface area contributed by atoms with E-state index < -0.39 is 10.0 Å². The van der Waals surface area contributed by atoms with Crippen molar-refractivity contribution in [1.82, 2.24) is 14.2 Å². The second kappa shape index (κ2) is 6.32. The van der Waals surface area contributed by atoms with Crippen LogP contribution in [0.3, 0.4) is 0 Å². The molecule has 0 amide bonds. The summed E-state index contributed by atoms with van der Waals surface area (Å²) in [4.78, 5) is 6.81. The van der Waals surface area contributed by atoms with E-state index in [2.05, 4.69) is 34.1 Å². The Morgan fingerprint density at radius 1 is 1.09 bits per heavy atom. The molecule has 1 aliphatic heterocycles. The van der Waals surface area contributed by atoms with E-state index in [4.69, 9.17) is 0 Å². The Labute approximate surface area is 131 Å². The molecule has 0 spiro atoms. The average molecular weight is 319 g/mol. The van der Waals surface area contributed by atoms with Crippen LogP contribution < -0.4 is 0 Å². The molecule has 0 unspecified atom stereocenters. The first-order chi connectivity index (χ1) is 10.5. The molecule has 0 bridgehead atoms. The van der Waals surface area contributed by atoms with Crippen LogP contribution >= 0.6 is 0 Å². The van der Waals surface area contributed by atoms with Gasteiger partial charge in [-0.15, -0.1) is 0 Å². The molecule has 0 radical (unpaired) electrons. The van der Waals surface area contributed by atoms with Crippen molar-refractivity contribution in [2.24, 2.45) is 0 Å². The quantitative estimate of drug-likeness (QED) is 0.864. The van der Waals surface area contributed by atoms with Gasteiger partial charge in [0.2, 0.25) is 10.0 Å². The summed E-state index contributed by atoms with van der Waals surface area (Å²) in [6.45, 7) is 3.66. The zero-order chi connectivity index (χ0) is 15.6. The molecule has 0 atom stereocenters. The highest BCUT2D eigenvalue weighted by atomic mass is 32.2. The van der Waals surface area contributed by atoms with Crippen LogP contribution in [0.25, 0.3) is 10.9 Å². The molecule has 0 N–H and O–H groups in total. The van der Waals surface area contributed by atoms with Crippen molar-refractivity contribution >= 4 is 20.9 Å². The van der Waals surface area contributed by atoms with Gasteiger partial charge in [-0.3, -0.25) is 9.88 Å². The summed E-state index contributed by atoms with van der Waals surface area (Å²) in [5.41, 5.74) is 2.24. The standard InChI is InChI=1S/C16H21N3O2S/c1-22(20,21)19-10-4-9-18(11-12-19)13-15-6-2-5-14-7-3-8-17-16(14)15/h2-3,5-8H,4,9-13H2,1H3. The molecule has 1 fully saturated rings. The van der Waals surface area contributed by atoms with Crippen LogP contribution in [-0.4, -0.2) is 55.0 Å². The molecule has 1 aromatic heterocycles. The van der Waals surface area contributed by atoms with Gasteiger partial charge in [-0.25, -0.2) is 12.7 Å². The van der Waals surface area contributed by atoms with Crippen LogP contribution in [0.2, 0.25) is 0 Å². The molecular formula is C16H21N3O2S. The average Bonchev–Trinajstić information content (AvgIpc) is 2.73. The first-order valence-electron chi connectivity index (χ1n) is 7.54. The fraction of sp³-hybridized carbons (Fsp3) is 0.438. The largest absolute Gasteiger partial charge is 0.298 e. The smallest absolute Gasteiger partial charge is 0.211 e. The van der Waals surface area contributed by atoms with Gasteiger partial charge in [0, 0.05) is 37.8 Å². The molecule has 2 aromatic rings. The summed E-state index contributed by atoms with van der Waals surface area (Å²) in [5, 5.41) is 1.15. The van der Waals surface area contributed by atoms with E-state index in [0.717, 1.165) is 37.0 Å². The highest BCUT2D eigenvalue weighted by Gasteiger charge is 2.21. The predicted octanol–water partition coefficient (Wildman–Crippen LogP) is 1.70. The molecular weight excluding hydrogens is 298 g/mol. The van der Waals surface area contributed by atoms with E-state index in [0.29, 0.717) is 13.1 Å². The fourth-order valence-electron chi connectivity index (χ4n) is 2.97. The molecule has 0 aliphatic carbocycles. The van der Waals surface area contributed by atoms with Crippen molar-refractivity contribution in [3.05, 3.63) is 42.1 Å². The molecule has 6 heteroatoms. The molecule has 0 saturated carbocycles. The Hall–Kier alpha value is -1.50. The first-order valence-corrected chi connectivity index (χ1v) is 9.39. The highest BCUT2D eigenvalue weighted by Crippen LogP contribution is 2.18. The topological polar surface area (TPSA) is 53.5 Å². The SMILES string of the molecule is CS(=O)(=O)N1CCCN(Cc2cccc3cccnc23)CC1. The number of benzene rings is 1. The van der Waals surface area contributed by atoms with Gasteiger partial charge < -0.3 is 0 Å². The van der Waals surface area contributed by atoms with Crippen LogP contribution in [0.15, 0.2) is 36.5 Å². The van der Waals surface area contributed by atoms with Crippen molar-refractivity contribution in [3.63, 3.8) is 0 Å². The number of fused-ring (bicyclic) bond motifs is 1. The number of rotatable bonds is 3. The van der Waals surface area contributed by atoms with Gasteiger partial charge in [-0.1, -0.05) is 24.3 Å². The summed E-state index contributed by atoms with van der Waals surface area (Å²) in [7, 11) is -3.09. The summed E-state index contributed by atoms with van der Waals surface area (Å²) in [5.74, 6) is 0. The van der Waals surface area contributed by atoms with Gasteiger partial charge in [-0.2, -0.15) is 0 Å². The zero-order valence-corrected chi connectivity index (χ0v) is 13.6. The van der Waals surface area contributed by atoms with Crippen LogP contribution in [0.4, 0.5) is 0 Å². The number of hydrogen-bond acceptors (Lipinski definition) is 4. The van der Waals surface area contributed by atoms with Gasteiger partial charge in [-0.05, 0) is 24.6 Å². The van der Waals surface area contributed by atoms with E-state index in [1.165, 1.54) is 11.8 Å². The van der Waals surface area contributed by atoms with Crippen molar-refractivity contribution in [3.8, 4) is 0 Å². The lowest BCUT2D eigenvalue weighted by atomic mass is 10.1. The fourth-order valence-corrected chi connectivity index (χ4v) is 3.85. The lowest BCUT2D eigenvalue weighted by Gasteiger charge is -2.21. The third kappa shape index (κ3) is 3.45. The van der Waals surface area contributed by atoms with Crippen LogP contribution in [0.1, 0.15) is 12.0 Å². The van der Waals surface area contributed by atoms with Crippen molar-refractivity contribution < 1.29 is 8.42 Å². The van der Waals surface area contributed by atoms with Gasteiger partial charge in [0.1, 0.15) is 0 Å². The number of nitrogens with zero attached hydrogens (tertiary/aromatic N) is 3. The van der Waals surface area contributed by atoms with Crippen molar-refractivity contribution in [2.75, 3.05) is 32.4 Å². The molecule has 2 heterocycles. The second-order valence-electron chi connectivity index (χ2n) is 5.78. The van der Waals surface area contributed by atoms with Gasteiger partial charge in [0.15, 0.2) is 0 Å². The van der Waals surface area contributed by atoms with Crippen molar-refractivity contribution in [1.29, 1.82) is 0 Å². The molecule has 1 saturated heterocycles. The highest BCUT2D eigenvalue weighted by molar-refractivity contribution is 7.88. The summed E-state index contributed by atoms with van der Waals surface area (Å²) >= 11 is 0. The van der Waals surface area contributed by atoms with E-state index in [1.54, 1.807) is 4.31 Å². The summed E-state index contributed by atoms with van der Waals surface area (Å²) in [6, 6.07) is 10.2. The number of para-hydroxylation sites is 1. The number of sulfonamides is 1. The first kappa shape index (κ1) is 15.4. The number of pyridine rings is 1. The molecule has 5 nitrogen and oxygen atoms in total. The third-order valence-electron chi connectivity index (χ3n) is 4.13. The van der Waals surface area contributed by atoms with Gasteiger partial charge >= 0.3 is 0 Å². The second-order valence-corrected chi connectivity index (χ2v) is 7.77. The zero-order valence-electron chi connectivity index (χ0n) is 12.8. The van der Waals surface area contributed by atoms with E-state index in [1.807, 2.05) is 12.3 Å². The number of aromatic nitrogens is 1. The Balaban J connectivity index is 1.75. The minimum absolute atomic E-state index is 0.566. The van der Waals surface area contributed by atoms with Gasteiger partial charge in [0.25, 0.3) is 0 Å². The van der Waals surface area contributed by atoms with Crippen LogP contribution in [0.5, 0.6) is 0 Å². The predicted molar refractivity (Wildman–Crippen MR) is 88.1 cm³/mol. The molecule has 1 aromatic carbocycles. The summed E-state index contributed by atoms with van der Waals surface area (Å²) < 4.78 is 24.9. The third-order valence-corrected chi connectivity index (χ3v) is 5.43. The maximum Gasteiger partial charge on any atom is 0.211 e. The van der Waals surface area contributed by atoms with Crippen LogP contribution in [0, 0.1) is 0 Å². The number of hydrogen-bond donors (Lipinski definition) is 0. The van der Waals surface area contributed by atoms with E-state index in [9.17, 15) is 8.42 Å². The van der Waals surface area contributed by atoms with Crippen molar-refractivity contribution in [2.45, 2.75) is 13.0 Å². The maximum absolute atomic E-state index is 11.7. The minimum Gasteiger partial charge on any atom is -0.298 e. The Morgan fingerprint density at radius 3 is 2.73 bits per heavy atom. The maximum atomic E-state index is 11.7. The summed E-state index contributed by atoms with van der Waals surface area (Å²) in [6.07, 6.45) is 3.97. The Morgan fingerprint density at radius 2 is 1.91 bits per heavy atom. The monoisotopic (exact) mass is 319 g/mol. The lowest BCUT2D eigenvalue weighted by Crippen LogP contribution is -2.34. The van der Waals surface area contributed by atoms with E-state index >= 15 is 0 Å².